The van der Waals surface area contributed by atoms with Crippen LogP contribution in [0.25, 0.3) is 0 Å². The van der Waals surface area contributed by atoms with Gasteiger partial charge >= 0.3 is 7.60 Å². The Labute approximate surface area is 42.5 Å². The van der Waals surface area contributed by atoms with Crippen LogP contribution in [0.3, 0.4) is 0 Å². The second-order valence-corrected chi connectivity index (χ2v) is 2.51. The molecule has 0 aliphatic heterocycles. The maximum Gasteiger partial charge on any atom is 0.322 e. The largest absolute Gasteiger partial charge is 0.333 e. The van der Waals surface area contributed by atoms with E-state index < -0.39 is 7.60 Å². The molecule has 0 aromatic carbocycles. The summed E-state index contributed by atoms with van der Waals surface area (Å²) in [5, 5.41) is 0. The minimum absolute atomic E-state index is 0.854. The molecule has 0 heterocycles. The molecule has 0 spiro atoms. The monoisotopic (exact) mass is 127 g/mol. The van der Waals surface area contributed by atoms with E-state index in [1.54, 1.807) is 0 Å². The molecule has 4 N–H and O–H groups in total. The third kappa shape index (κ3) is 8530. The molecule has 0 saturated heterocycles. The molecule has 0 saturated carbocycles. The van der Waals surface area contributed by atoms with Gasteiger partial charge in [0.1, 0.15) is 0 Å². The summed E-state index contributed by atoms with van der Waals surface area (Å²) in [6, 6.07) is 0. The van der Waals surface area contributed by atoms with Gasteiger partial charge in [-0.15, -0.1) is 0 Å². The number of hydrogen-bond donors (Lipinski definition) is 3. The second-order valence-electron chi connectivity index (χ2n) is 0.835. The Kier molecular flexibility index (Phi) is 6.21. The van der Waals surface area contributed by atoms with Crippen LogP contribution in [0.1, 0.15) is 0 Å². The Balaban J connectivity index is 0. The minimum atomic E-state index is -3.64. The van der Waals surface area contributed by atoms with Crippen molar-refractivity contribution < 1.29 is 14.4 Å². The van der Waals surface area contributed by atoms with E-state index in [2.05, 4.69) is 5.73 Å². The van der Waals surface area contributed by atoms with Crippen molar-refractivity contribution in [2.24, 2.45) is 5.73 Å². The van der Waals surface area contributed by atoms with Gasteiger partial charge in [0, 0.05) is 6.66 Å². The first-order valence-corrected chi connectivity index (χ1v) is 3.67. The van der Waals surface area contributed by atoms with E-state index >= 15 is 0 Å². The third-order valence-electron chi connectivity index (χ3n) is 0. The van der Waals surface area contributed by atoms with Gasteiger partial charge in [-0.3, -0.25) is 4.57 Å². The van der Waals surface area contributed by atoms with Crippen molar-refractivity contribution in [3.8, 4) is 0 Å². The zero-order chi connectivity index (χ0) is 6.50. The predicted molar refractivity (Wildman–Crippen MR) is 28.1 cm³/mol. The summed E-state index contributed by atoms with van der Waals surface area (Å²) in [5.74, 6) is 0. The van der Waals surface area contributed by atoms with E-state index in [1.807, 2.05) is 0 Å². The first kappa shape index (κ1) is 10.2. The van der Waals surface area contributed by atoms with Crippen molar-refractivity contribution in [2.75, 3.05) is 13.7 Å². The molecule has 0 fully saturated rings. The van der Waals surface area contributed by atoms with Crippen LogP contribution in [0.15, 0.2) is 0 Å². The fraction of sp³-hybridized carbons (Fsp3) is 1.00. The first-order chi connectivity index (χ1) is 3.00. The van der Waals surface area contributed by atoms with Gasteiger partial charge in [-0.25, -0.2) is 0 Å². The van der Waals surface area contributed by atoms with Gasteiger partial charge < -0.3 is 15.5 Å². The topological polar surface area (TPSA) is 83.6 Å². The van der Waals surface area contributed by atoms with Crippen molar-refractivity contribution in [1.29, 1.82) is 0 Å². The average Bonchev–Trinajstić information content (AvgIpc) is 1.36. The molecule has 7 heavy (non-hydrogen) atoms. The third-order valence-corrected chi connectivity index (χ3v) is 0. The lowest BCUT2D eigenvalue weighted by Gasteiger charge is -1.84. The molecule has 0 aliphatic rings. The summed E-state index contributed by atoms with van der Waals surface area (Å²) in [7, 11) is -2.14. The minimum Gasteiger partial charge on any atom is -0.333 e. The highest BCUT2D eigenvalue weighted by molar-refractivity contribution is 7.50. The summed E-state index contributed by atoms with van der Waals surface area (Å²) in [5.41, 5.74) is 4.50. The van der Waals surface area contributed by atoms with Crippen LogP contribution < -0.4 is 5.73 Å². The lowest BCUT2D eigenvalue weighted by molar-refractivity contribution is 0.381. The molecular weight excluding hydrogens is 117 g/mol. The molecule has 0 aromatic rings. The molecule has 0 amide bonds. The number of hydrogen-bond acceptors (Lipinski definition) is 2. The molecule has 5 heteroatoms. The highest BCUT2D eigenvalue weighted by Crippen LogP contribution is 2.26. The van der Waals surface area contributed by atoms with Crippen LogP contribution in [-0.2, 0) is 4.57 Å². The van der Waals surface area contributed by atoms with E-state index in [-0.39, 0.29) is 0 Å². The normalized spacial score (nSPS) is 9.29. The Morgan fingerprint density at radius 2 is 1.43 bits per heavy atom. The van der Waals surface area contributed by atoms with Gasteiger partial charge in [0.05, 0.1) is 0 Å². The van der Waals surface area contributed by atoms with Crippen molar-refractivity contribution in [2.45, 2.75) is 0 Å². The van der Waals surface area contributed by atoms with E-state index in [0.29, 0.717) is 0 Å². The lowest BCUT2D eigenvalue weighted by atomic mass is 11.6. The maximum absolute atomic E-state index is 9.33. The quantitative estimate of drug-likeness (QED) is 0.378. The van der Waals surface area contributed by atoms with Crippen LogP contribution in [0.5, 0.6) is 0 Å². The highest BCUT2D eigenvalue weighted by atomic mass is 31.2. The van der Waals surface area contributed by atoms with Crippen LogP contribution in [0.4, 0.5) is 0 Å². The Hall–Kier alpha value is 0.110. The van der Waals surface area contributed by atoms with Crippen LogP contribution in [0.2, 0.25) is 0 Å². The fourth-order valence-electron chi connectivity index (χ4n) is 0. The molecule has 0 unspecified atom stereocenters. The molecule has 0 bridgehead atoms. The van der Waals surface area contributed by atoms with E-state index in [0.717, 1.165) is 6.66 Å². The van der Waals surface area contributed by atoms with E-state index in [1.165, 1.54) is 7.05 Å². The van der Waals surface area contributed by atoms with Crippen molar-refractivity contribution in [1.82, 2.24) is 0 Å². The summed E-state index contributed by atoms with van der Waals surface area (Å²) in [6.45, 7) is 0.854. The Bertz CT molecular complexity index is 59.1. The van der Waals surface area contributed by atoms with Gasteiger partial charge in [-0.2, -0.15) is 0 Å². The molecule has 0 atom stereocenters. The van der Waals surface area contributed by atoms with Crippen LogP contribution >= 0.6 is 7.60 Å². The smallest absolute Gasteiger partial charge is 0.322 e. The van der Waals surface area contributed by atoms with Crippen molar-refractivity contribution in [3.05, 3.63) is 0 Å². The average molecular weight is 127 g/mol. The zero-order valence-electron chi connectivity index (χ0n) is 4.33. The molecule has 0 radical (unpaired) electrons. The predicted octanol–water partition coefficient (Wildman–Crippen LogP) is -0.631. The Morgan fingerprint density at radius 3 is 1.43 bits per heavy atom. The van der Waals surface area contributed by atoms with Crippen LogP contribution in [0, 0.1) is 0 Å². The van der Waals surface area contributed by atoms with E-state index in [9.17, 15) is 4.57 Å². The first-order valence-electron chi connectivity index (χ1n) is 1.61. The molecule has 4 nitrogen and oxygen atoms in total. The molecule has 46 valence electrons. The molecule has 0 rings (SSSR count). The molecule has 0 aromatic heterocycles. The van der Waals surface area contributed by atoms with Gasteiger partial charge in [-0.1, -0.05) is 0 Å². The van der Waals surface area contributed by atoms with Crippen molar-refractivity contribution >= 4 is 7.60 Å². The van der Waals surface area contributed by atoms with Gasteiger partial charge in [0.2, 0.25) is 0 Å². The standard InChI is InChI=1S/CH5N.CH5O3P/c1-2;1-5(2,3)4/h2H2,1H3;1H3,(H2,2,3,4). The van der Waals surface area contributed by atoms with Gasteiger partial charge in [-0.05, 0) is 7.05 Å². The maximum atomic E-state index is 9.33. The summed E-state index contributed by atoms with van der Waals surface area (Å²) < 4.78 is 9.33. The fourth-order valence-corrected chi connectivity index (χ4v) is 0. The van der Waals surface area contributed by atoms with Crippen molar-refractivity contribution in [3.63, 3.8) is 0 Å². The summed E-state index contributed by atoms with van der Waals surface area (Å²) in [4.78, 5) is 15.3. The second kappa shape index (κ2) is 4.27. The summed E-state index contributed by atoms with van der Waals surface area (Å²) in [6.07, 6.45) is 0. The zero-order valence-corrected chi connectivity index (χ0v) is 5.22. The van der Waals surface area contributed by atoms with Gasteiger partial charge in [0.25, 0.3) is 0 Å². The van der Waals surface area contributed by atoms with Crippen LogP contribution in [-0.4, -0.2) is 23.5 Å². The Morgan fingerprint density at radius 1 is 1.43 bits per heavy atom. The molecule has 0 aliphatic carbocycles. The van der Waals surface area contributed by atoms with E-state index in [4.69, 9.17) is 9.79 Å². The number of nitrogens with two attached hydrogens (primary N) is 1. The van der Waals surface area contributed by atoms with Gasteiger partial charge in [0.15, 0.2) is 0 Å². The lowest BCUT2D eigenvalue weighted by Crippen LogP contribution is -1.69. The molecular formula is C2H10NO3P. The SMILES string of the molecule is CN.CP(=O)(O)O. The highest BCUT2D eigenvalue weighted by Gasteiger charge is 1.95. The number of rotatable bonds is 0. The summed E-state index contributed by atoms with van der Waals surface area (Å²) >= 11 is 0.